The zero-order valence-electron chi connectivity index (χ0n) is 9.50. The standard InChI is InChI=1S/C12H15Cl2FN2/c13-3-4-16-5-7-17(8-6-16)12-2-1-10(15)9-11(12)14/h1-2,9H,3-8H2. The average Bonchev–Trinajstić information content (AvgIpc) is 2.31. The molecule has 0 radical (unpaired) electrons. The molecule has 2 nitrogen and oxygen atoms in total. The minimum Gasteiger partial charge on any atom is -0.368 e. The number of alkyl halides is 1. The molecular weight excluding hydrogens is 262 g/mol. The Morgan fingerprint density at radius 2 is 1.88 bits per heavy atom. The fraction of sp³-hybridized carbons (Fsp3) is 0.500. The van der Waals surface area contributed by atoms with Gasteiger partial charge in [-0.05, 0) is 18.2 Å². The van der Waals surface area contributed by atoms with E-state index in [1.807, 2.05) is 0 Å². The van der Waals surface area contributed by atoms with Crippen LogP contribution in [0.4, 0.5) is 10.1 Å². The molecule has 17 heavy (non-hydrogen) atoms. The summed E-state index contributed by atoms with van der Waals surface area (Å²) in [6.07, 6.45) is 0. The van der Waals surface area contributed by atoms with Crippen LogP contribution in [0.2, 0.25) is 5.02 Å². The highest BCUT2D eigenvalue weighted by Crippen LogP contribution is 2.27. The maximum atomic E-state index is 13.0. The SMILES string of the molecule is Fc1ccc(N2CCN(CCCl)CC2)c(Cl)c1. The minimum atomic E-state index is -0.292. The van der Waals surface area contributed by atoms with Crippen LogP contribution >= 0.6 is 23.2 Å². The molecule has 0 atom stereocenters. The summed E-state index contributed by atoms with van der Waals surface area (Å²) in [5.41, 5.74) is 0.915. The van der Waals surface area contributed by atoms with Gasteiger partial charge in [0.15, 0.2) is 0 Å². The molecule has 1 saturated heterocycles. The number of rotatable bonds is 3. The summed E-state index contributed by atoms with van der Waals surface area (Å²) in [5.74, 6) is 0.372. The van der Waals surface area contributed by atoms with Crippen molar-refractivity contribution in [2.24, 2.45) is 0 Å². The van der Waals surface area contributed by atoms with Gasteiger partial charge in [0.1, 0.15) is 5.82 Å². The lowest BCUT2D eigenvalue weighted by Gasteiger charge is -2.36. The maximum absolute atomic E-state index is 13.0. The first-order chi connectivity index (χ1) is 8.20. The number of anilines is 1. The molecule has 0 bridgehead atoms. The smallest absolute Gasteiger partial charge is 0.124 e. The lowest BCUT2D eigenvalue weighted by atomic mass is 10.2. The zero-order chi connectivity index (χ0) is 12.3. The molecule has 1 aliphatic heterocycles. The van der Waals surface area contributed by atoms with E-state index in [9.17, 15) is 4.39 Å². The van der Waals surface area contributed by atoms with Crippen molar-refractivity contribution in [3.8, 4) is 0 Å². The summed E-state index contributed by atoms with van der Waals surface area (Å²) in [4.78, 5) is 4.51. The molecule has 0 amide bonds. The molecule has 5 heteroatoms. The number of hydrogen-bond donors (Lipinski definition) is 0. The molecule has 0 saturated carbocycles. The van der Waals surface area contributed by atoms with Crippen molar-refractivity contribution >= 4 is 28.9 Å². The molecule has 1 aliphatic rings. The molecule has 2 rings (SSSR count). The van der Waals surface area contributed by atoms with Crippen LogP contribution in [0.25, 0.3) is 0 Å². The van der Waals surface area contributed by atoms with Crippen molar-refractivity contribution < 1.29 is 4.39 Å². The second kappa shape index (κ2) is 5.89. The third kappa shape index (κ3) is 3.24. The van der Waals surface area contributed by atoms with Gasteiger partial charge in [0.2, 0.25) is 0 Å². The summed E-state index contributed by atoms with van der Waals surface area (Å²) >= 11 is 11.8. The Hall–Kier alpha value is -0.510. The highest BCUT2D eigenvalue weighted by Gasteiger charge is 2.18. The topological polar surface area (TPSA) is 6.48 Å². The second-order valence-electron chi connectivity index (χ2n) is 4.11. The highest BCUT2D eigenvalue weighted by molar-refractivity contribution is 6.33. The summed E-state index contributed by atoms with van der Waals surface area (Å²) in [5, 5.41) is 0.482. The van der Waals surface area contributed by atoms with E-state index < -0.39 is 0 Å². The largest absolute Gasteiger partial charge is 0.368 e. The van der Waals surface area contributed by atoms with Gasteiger partial charge in [0.25, 0.3) is 0 Å². The van der Waals surface area contributed by atoms with Crippen molar-refractivity contribution in [2.75, 3.05) is 43.5 Å². The van der Waals surface area contributed by atoms with Gasteiger partial charge in [-0.15, -0.1) is 11.6 Å². The van der Waals surface area contributed by atoms with E-state index >= 15 is 0 Å². The van der Waals surface area contributed by atoms with Crippen LogP contribution in [0.1, 0.15) is 0 Å². The van der Waals surface area contributed by atoms with Crippen molar-refractivity contribution in [1.82, 2.24) is 4.90 Å². The average molecular weight is 277 g/mol. The maximum Gasteiger partial charge on any atom is 0.124 e. The Bertz CT molecular complexity index is 379. The van der Waals surface area contributed by atoms with Crippen LogP contribution in [0.3, 0.4) is 0 Å². The van der Waals surface area contributed by atoms with Crippen LogP contribution in [-0.4, -0.2) is 43.5 Å². The Morgan fingerprint density at radius 1 is 1.18 bits per heavy atom. The molecule has 1 aromatic rings. The van der Waals surface area contributed by atoms with Gasteiger partial charge in [-0.3, -0.25) is 4.90 Å². The van der Waals surface area contributed by atoms with Crippen molar-refractivity contribution in [2.45, 2.75) is 0 Å². The Labute approximate surface area is 111 Å². The number of benzene rings is 1. The van der Waals surface area contributed by atoms with Crippen molar-refractivity contribution in [1.29, 1.82) is 0 Å². The quantitative estimate of drug-likeness (QED) is 0.784. The van der Waals surface area contributed by atoms with Crippen molar-refractivity contribution in [3.63, 3.8) is 0 Å². The van der Waals surface area contributed by atoms with E-state index in [0.717, 1.165) is 38.4 Å². The fourth-order valence-corrected chi connectivity index (χ4v) is 2.60. The van der Waals surface area contributed by atoms with Crippen LogP contribution < -0.4 is 4.90 Å². The minimum absolute atomic E-state index is 0.292. The number of halogens is 3. The molecule has 94 valence electrons. The van der Waals surface area contributed by atoms with Crippen LogP contribution in [-0.2, 0) is 0 Å². The summed E-state index contributed by atoms with van der Waals surface area (Å²) in [7, 11) is 0. The predicted molar refractivity (Wildman–Crippen MR) is 70.8 cm³/mol. The summed E-state index contributed by atoms with van der Waals surface area (Å²) < 4.78 is 13.0. The van der Waals surface area contributed by atoms with Gasteiger partial charge in [0, 0.05) is 38.6 Å². The van der Waals surface area contributed by atoms with Gasteiger partial charge >= 0.3 is 0 Å². The summed E-state index contributed by atoms with van der Waals surface area (Å²) in [6.45, 7) is 4.68. The van der Waals surface area contributed by atoms with Gasteiger partial charge in [-0.25, -0.2) is 4.39 Å². The monoisotopic (exact) mass is 276 g/mol. The van der Waals surface area contributed by atoms with Gasteiger partial charge in [0.05, 0.1) is 10.7 Å². The van der Waals surface area contributed by atoms with Gasteiger partial charge in [-0.1, -0.05) is 11.6 Å². The number of nitrogens with zero attached hydrogens (tertiary/aromatic N) is 2. The molecule has 1 heterocycles. The normalized spacial score (nSPS) is 17.5. The number of hydrogen-bond acceptors (Lipinski definition) is 2. The number of piperazine rings is 1. The lowest BCUT2D eigenvalue weighted by molar-refractivity contribution is 0.272. The van der Waals surface area contributed by atoms with E-state index in [1.54, 1.807) is 6.07 Å². The molecule has 1 fully saturated rings. The lowest BCUT2D eigenvalue weighted by Crippen LogP contribution is -2.47. The predicted octanol–water partition coefficient (Wildman–Crippen LogP) is 2.84. The van der Waals surface area contributed by atoms with E-state index in [1.165, 1.54) is 12.1 Å². The van der Waals surface area contributed by atoms with Crippen molar-refractivity contribution in [3.05, 3.63) is 29.0 Å². The molecule has 0 spiro atoms. The summed E-state index contributed by atoms with van der Waals surface area (Å²) in [6, 6.07) is 4.56. The molecule has 0 N–H and O–H groups in total. The Kier molecular flexibility index (Phi) is 4.48. The molecular formula is C12H15Cl2FN2. The van der Waals surface area contributed by atoms with E-state index in [0.29, 0.717) is 10.9 Å². The Morgan fingerprint density at radius 3 is 2.47 bits per heavy atom. The third-order valence-electron chi connectivity index (χ3n) is 3.02. The fourth-order valence-electron chi connectivity index (χ4n) is 2.07. The van der Waals surface area contributed by atoms with Crippen LogP contribution in [0, 0.1) is 5.82 Å². The first-order valence-electron chi connectivity index (χ1n) is 5.69. The first kappa shape index (κ1) is 12.9. The van der Waals surface area contributed by atoms with E-state index in [4.69, 9.17) is 23.2 Å². The molecule has 0 aliphatic carbocycles. The highest BCUT2D eigenvalue weighted by atomic mass is 35.5. The molecule has 1 aromatic carbocycles. The second-order valence-corrected chi connectivity index (χ2v) is 4.90. The van der Waals surface area contributed by atoms with Gasteiger partial charge in [-0.2, -0.15) is 0 Å². The third-order valence-corrected chi connectivity index (χ3v) is 3.50. The van der Waals surface area contributed by atoms with Gasteiger partial charge < -0.3 is 4.90 Å². The van der Waals surface area contributed by atoms with Crippen LogP contribution in [0.5, 0.6) is 0 Å². The first-order valence-corrected chi connectivity index (χ1v) is 6.60. The van der Waals surface area contributed by atoms with E-state index in [2.05, 4.69) is 9.80 Å². The molecule has 0 aromatic heterocycles. The molecule has 0 unspecified atom stereocenters. The van der Waals surface area contributed by atoms with Crippen LogP contribution in [0.15, 0.2) is 18.2 Å². The zero-order valence-corrected chi connectivity index (χ0v) is 11.0. The van der Waals surface area contributed by atoms with E-state index in [-0.39, 0.29) is 5.82 Å². The Balaban J connectivity index is 2.00.